The first-order valence-electron chi connectivity index (χ1n) is 7.86. The zero-order valence-electron chi connectivity index (χ0n) is 13.3. The topological polar surface area (TPSA) is 64.6 Å². The molecule has 1 unspecified atom stereocenters. The molecular formula is C17H22ClNO4. The number of halogens is 1. The van der Waals surface area contributed by atoms with E-state index in [0.29, 0.717) is 31.0 Å². The summed E-state index contributed by atoms with van der Waals surface area (Å²) >= 11 is 5.98. The van der Waals surface area contributed by atoms with Crippen LogP contribution < -0.4 is 10.1 Å². The van der Waals surface area contributed by atoms with Crippen molar-refractivity contribution in [2.24, 2.45) is 5.92 Å². The van der Waals surface area contributed by atoms with E-state index in [1.54, 1.807) is 6.07 Å². The summed E-state index contributed by atoms with van der Waals surface area (Å²) in [4.78, 5) is 23.2. The summed E-state index contributed by atoms with van der Waals surface area (Å²) in [5.41, 5.74) is 0.974. The minimum atomic E-state index is -0.189. The highest BCUT2D eigenvalue weighted by Gasteiger charge is 2.25. The highest BCUT2D eigenvalue weighted by molar-refractivity contribution is 6.30. The second kappa shape index (κ2) is 8.77. The Morgan fingerprint density at radius 1 is 1.35 bits per heavy atom. The van der Waals surface area contributed by atoms with E-state index >= 15 is 0 Å². The molecule has 6 heteroatoms. The van der Waals surface area contributed by atoms with E-state index in [4.69, 9.17) is 16.3 Å². The molecule has 0 aliphatic carbocycles. The normalized spacial score (nSPS) is 16.2. The minimum absolute atomic E-state index is 0.00333. The first-order chi connectivity index (χ1) is 11.1. The van der Waals surface area contributed by atoms with E-state index in [2.05, 4.69) is 10.1 Å². The number of unbranched alkanes of at least 4 members (excludes halogenated alkanes) is 2. The number of benzene rings is 1. The van der Waals surface area contributed by atoms with Crippen molar-refractivity contribution in [2.45, 2.75) is 32.1 Å². The maximum Gasteiger partial charge on any atom is 0.305 e. The minimum Gasteiger partial charge on any atom is -0.492 e. The van der Waals surface area contributed by atoms with Gasteiger partial charge in [-0.3, -0.25) is 9.59 Å². The molecule has 1 amide bonds. The van der Waals surface area contributed by atoms with Crippen LogP contribution in [0.4, 0.5) is 0 Å². The van der Waals surface area contributed by atoms with Crippen LogP contribution in [-0.2, 0) is 20.7 Å². The summed E-state index contributed by atoms with van der Waals surface area (Å²) in [6, 6.07) is 5.48. The van der Waals surface area contributed by atoms with Gasteiger partial charge in [-0.25, -0.2) is 0 Å². The predicted octanol–water partition coefficient (Wildman–Crippen LogP) is 2.74. The average Bonchev–Trinajstić information content (AvgIpc) is 2.56. The Balaban J connectivity index is 1.68. The van der Waals surface area contributed by atoms with Gasteiger partial charge < -0.3 is 14.8 Å². The highest BCUT2D eigenvalue weighted by atomic mass is 35.5. The van der Waals surface area contributed by atoms with Crippen LogP contribution in [0.25, 0.3) is 0 Å². The zero-order valence-corrected chi connectivity index (χ0v) is 14.0. The quantitative estimate of drug-likeness (QED) is 0.613. The van der Waals surface area contributed by atoms with Crippen molar-refractivity contribution in [3.05, 3.63) is 28.8 Å². The number of rotatable bonds is 7. The Bertz CT molecular complexity index is 562. The second-order valence-electron chi connectivity index (χ2n) is 5.64. The maximum atomic E-state index is 12.2. The van der Waals surface area contributed by atoms with Crippen LogP contribution in [-0.4, -0.2) is 32.1 Å². The number of amides is 1. The zero-order chi connectivity index (χ0) is 16.7. The molecule has 1 N–H and O–H groups in total. The molecule has 0 radical (unpaired) electrons. The van der Waals surface area contributed by atoms with Crippen molar-refractivity contribution < 1.29 is 19.1 Å². The largest absolute Gasteiger partial charge is 0.492 e. The fraction of sp³-hybridized carbons (Fsp3) is 0.529. The van der Waals surface area contributed by atoms with Crippen LogP contribution in [0, 0.1) is 5.92 Å². The maximum absolute atomic E-state index is 12.2. The standard InChI is InChI=1S/C17H22ClNO4/c1-22-16(20)5-3-2-4-8-19-17(21)13-9-12-10-14(18)6-7-15(12)23-11-13/h6-7,10,13H,2-5,8-9,11H2,1H3,(H,19,21). The van der Waals surface area contributed by atoms with Crippen LogP contribution in [0.5, 0.6) is 5.75 Å². The molecule has 1 aromatic carbocycles. The van der Waals surface area contributed by atoms with E-state index in [9.17, 15) is 9.59 Å². The molecule has 0 fully saturated rings. The lowest BCUT2D eigenvalue weighted by Crippen LogP contribution is -2.37. The molecule has 0 saturated carbocycles. The summed E-state index contributed by atoms with van der Waals surface area (Å²) in [6.07, 6.45) is 3.58. The Kier molecular flexibility index (Phi) is 6.71. The summed E-state index contributed by atoms with van der Waals surface area (Å²) < 4.78 is 10.2. The lowest BCUT2D eigenvalue weighted by molar-refractivity contribution is -0.140. The van der Waals surface area contributed by atoms with Gasteiger partial charge in [0.25, 0.3) is 0 Å². The SMILES string of the molecule is COC(=O)CCCCCNC(=O)C1COc2ccc(Cl)cc2C1. The number of ether oxygens (including phenoxy) is 2. The molecule has 0 saturated heterocycles. The monoisotopic (exact) mass is 339 g/mol. The summed E-state index contributed by atoms with van der Waals surface area (Å²) in [5, 5.41) is 3.58. The van der Waals surface area contributed by atoms with Crippen LogP contribution >= 0.6 is 11.6 Å². The van der Waals surface area contributed by atoms with Crippen LogP contribution in [0.3, 0.4) is 0 Å². The second-order valence-corrected chi connectivity index (χ2v) is 6.08. The molecule has 23 heavy (non-hydrogen) atoms. The number of hydrogen-bond acceptors (Lipinski definition) is 4. The van der Waals surface area contributed by atoms with Gasteiger partial charge in [0.05, 0.1) is 13.0 Å². The van der Waals surface area contributed by atoms with Gasteiger partial charge in [0.15, 0.2) is 0 Å². The molecule has 1 aliphatic heterocycles. The molecule has 1 aromatic rings. The Labute approximate surface area is 141 Å². The van der Waals surface area contributed by atoms with Gasteiger partial charge in [0.1, 0.15) is 12.4 Å². The number of nitrogens with one attached hydrogen (secondary N) is 1. The summed E-state index contributed by atoms with van der Waals surface area (Å²) in [5.74, 6) is 0.437. The van der Waals surface area contributed by atoms with Crippen molar-refractivity contribution in [1.82, 2.24) is 5.32 Å². The first-order valence-corrected chi connectivity index (χ1v) is 8.23. The summed E-state index contributed by atoms with van der Waals surface area (Å²) in [7, 11) is 1.39. The molecule has 1 aliphatic rings. The van der Waals surface area contributed by atoms with E-state index in [0.717, 1.165) is 30.6 Å². The lowest BCUT2D eigenvalue weighted by atomic mass is 9.96. The van der Waals surface area contributed by atoms with Crippen molar-refractivity contribution >= 4 is 23.5 Å². The van der Waals surface area contributed by atoms with Gasteiger partial charge >= 0.3 is 5.97 Å². The summed E-state index contributed by atoms with van der Waals surface area (Å²) in [6.45, 7) is 1.00. The van der Waals surface area contributed by atoms with Crippen molar-refractivity contribution in [3.8, 4) is 5.75 Å². The number of esters is 1. The lowest BCUT2D eigenvalue weighted by Gasteiger charge is -2.24. The number of methoxy groups -OCH3 is 1. The molecular weight excluding hydrogens is 318 g/mol. The van der Waals surface area contributed by atoms with Crippen molar-refractivity contribution in [2.75, 3.05) is 20.3 Å². The van der Waals surface area contributed by atoms with Crippen LogP contribution in [0.1, 0.15) is 31.2 Å². The molecule has 0 bridgehead atoms. The molecule has 5 nitrogen and oxygen atoms in total. The molecule has 1 heterocycles. The van der Waals surface area contributed by atoms with Crippen LogP contribution in [0.15, 0.2) is 18.2 Å². The first kappa shape index (κ1) is 17.6. The van der Waals surface area contributed by atoms with Crippen molar-refractivity contribution in [1.29, 1.82) is 0 Å². The van der Waals surface area contributed by atoms with Gasteiger partial charge in [0.2, 0.25) is 5.91 Å². The van der Waals surface area contributed by atoms with E-state index < -0.39 is 0 Å². The third-order valence-corrected chi connectivity index (χ3v) is 4.12. The Morgan fingerprint density at radius 3 is 2.96 bits per heavy atom. The molecule has 1 atom stereocenters. The Morgan fingerprint density at radius 2 is 2.17 bits per heavy atom. The third kappa shape index (κ3) is 5.43. The molecule has 2 rings (SSSR count). The van der Waals surface area contributed by atoms with Crippen LogP contribution in [0.2, 0.25) is 5.02 Å². The fourth-order valence-corrected chi connectivity index (χ4v) is 2.76. The third-order valence-electron chi connectivity index (χ3n) is 3.88. The predicted molar refractivity (Wildman–Crippen MR) is 87.6 cm³/mol. The highest BCUT2D eigenvalue weighted by Crippen LogP contribution is 2.29. The molecule has 0 aromatic heterocycles. The number of carbonyl (C=O) groups is 2. The van der Waals surface area contributed by atoms with Gasteiger partial charge in [-0.1, -0.05) is 18.0 Å². The molecule has 126 valence electrons. The molecule has 0 spiro atoms. The van der Waals surface area contributed by atoms with Gasteiger partial charge in [-0.2, -0.15) is 0 Å². The smallest absolute Gasteiger partial charge is 0.305 e. The van der Waals surface area contributed by atoms with Gasteiger partial charge in [0, 0.05) is 18.0 Å². The van der Waals surface area contributed by atoms with E-state index in [1.165, 1.54) is 7.11 Å². The fourth-order valence-electron chi connectivity index (χ4n) is 2.56. The van der Waals surface area contributed by atoms with E-state index in [1.807, 2.05) is 12.1 Å². The Hall–Kier alpha value is -1.75. The van der Waals surface area contributed by atoms with Crippen molar-refractivity contribution in [3.63, 3.8) is 0 Å². The number of fused-ring (bicyclic) bond motifs is 1. The van der Waals surface area contributed by atoms with Gasteiger partial charge in [-0.05, 0) is 43.0 Å². The van der Waals surface area contributed by atoms with Gasteiger partial charge in [-0.15, -0.1) is 0 Å². The van der Waals surface area contributed by atoms with E-state index in [-0.39, 0.29) is 17.8 Å². The average molecular weight is 340 g/mol. The number of carbonyl (C=O) groups excluding carboxylic acids is 2. The number of hydrogen-bond donors (Lipinski definition) is 1.